The van der Waals surface area contributed by atoms with Crippen LogP contribution in [0, 0.1) is 18.8 Å². The van der Waals surface area contributed by atoms with Crippen molar-refractivity contribution in [1.29, 1.82) is 0 Å². The molecule has 6 nitrogen and oxygen atoms in total. The molecule has 0 unspecified atom stereocenters. The highest BCUT2D eigenvalue weighted by Gasteiger charge is 2.21. The Bertz CT molecular complexity index is 972. The predicted octanol–water partition coefficient (Wildman–Crippen LogP) is 4.78. The van der Waals surface area contributed by atoms with Crippen LogP contribution in [0.25, 0.3) is 0 Å². The Morgan fingerprint density at radius 3 is 2.38 bits per heavy atom. The van der Waals surface area contributed by atoms with Crippen LogP contribution in [0.3, 0.4) is 0 Å². The average molecular weight is 461 g/mol. The van der Waals surface area contributed by atoms with Crippen molar-refractivity contribution in [3.8, 4) is 0 Å². The van der Waals surface area contributed by atoms with Crippen LogP contribution < -0.4 is 4.72 Å². The summed E-state index contributed by atoms with van der Waals surface area (Å²) in [6, 6.07) is 7.36. The SMILES string of the molecule is Cc1c(NS(=O)(=O)c2ccc(CCCCC3CCN(C)CC3)cc2)c(CC(C)C)nn1C. The molecule has 1 saturated heterocycles. The van der Waals surface area contributed by atoms with Gasteiger partial charge in [-0.1, -0.05) is 38.8 Å². The zero-order chi connectivity index (χ0) is 23.3. The topological polar surface area (TPSA) is 67.2 Å². The molecule has 0 aliphatic carbocycles. The van der Waals surface area contributed by atoms with Crippen LogP contribution in [-0.4, -0.2) is 43.2 Å². The van der Waals surface area contributed by atoms with Gasteiger partial charge in [-0.15, -0.1) is 0 Å². The van der Waals surface area contributed by atoms with E-state index in [1.807, 2.05) is 26.1 Å². The van der Waals surface area contributed by atoms with Gasteiger partial charge in [0.05, 0.1) is 22.0 Å². The number of anilines is 1. The van der Waals surface area contributed by atoms with Crippen molar-refractivity contribution in [3.63, 3.8) is 0 Å². The standard InChI is InChI=1S/C25H40N4O2S/c1-19(2)18-24-25(20(3)29(5)26-24)27-32(30,31)23-12-10-21(11-13-23)8-6-7-9-22-14-16-28(4)17-15-22/h10-13,19,22,27H,6-9,14-18H2,1-5H3. The monoisotopic (exact) mass is 460 g/mol. The molecule has 0 saturated carbocycles. The number of nitrogens with zero attached hydrogens (tertiary/aromatic N) is 3. The lowest BCUT2D eigenvalue weighted by Gasteiger charge is -2.28. The van der Waals surface area contributed by atoms with E-state index in [1.165, 1.54) is 44.3 Å². The zero-order valence-corrected chi connectivity index (χ0v) is 21.2. The molecular formula is C25H40N4O2S. The molecule has 1 aromatic carbocycles. The maximum Gasteiger partial charge on any atom is 0.262 e. The van der Waals surface area contributed by atoms with Gasteiger partial charge < -0.3 is 4.90 Å². The second kappa shape index (κ2) is 10.8. The Hall–Kier alpha value is -1.86. The lowest BCUT2D eigenvalue weighted by atomic mass is 9.91. The number of benzene rings is 1. The second-order valence-electron chi connectivity index (χ2n) is 9.87. The third-order valence-electron chi connectivity index (χ3n) is 6.64. The Kier molecular flexibility index (Phi) is 8.39. The second-order valence-corrected chi connectivity index (χ2v) is 11.6. The van der Waals surface area contributed by atoms with E-state index in [9.17, 15) is 8.42 Å². The minimum atomic E-state index is -3.65. The minimum Gasteiger partial charge on any atom is -0.306 e. The first kappa shape index (κ1) is 24.8. The van der Waals surface area contributed by atoms with Crippen molar-refractivity contribution in [2.45, 2.75) is 70.6 Å². The van der Waals surface area contributed by atoms with Crippen molar-refractivity contribution in [2.24, 2.45) is 18.9 Å². The van der Waals surface area contributed by atoms with Gasteiger partial charge in [-0.05, 0) is 88.7 Å². The maximum absolute atomic E-state index is 13.0. The van der Waals surface area contributed by atoms with Crippen LogP contribution in [0.1, 0.15) is 62.9 Å². The van der Waals surface area contributed by atoms with E-state index in [0.29, 0.717) is 16.5 Å². The van der Waals surface area contributed by atoms with Gasteiger partial charge in [-0.25, -0.2) is 8.42 Å². The van der Waals surface area contributed by atoms with Crippen LogP contribution in [0.15, 0.2) is 29.2 Å². The molecule has 2 heterocycles. The Balaban J connectivity index is 1.56. The number of likely N-dealkylation sites (tertiary alicyclic amines) is 1. The van der Waals surface area contributed by atoms with Crippen molar-refractivity contribution in [1.82, 2.24) is 14.7 Å². The molecule has 0 radical (unpaired) electrons. The molecule has 2 aromatic rings. The van der Waals surface area contributed by atoms with E-state index in [4.69, 9.17) is 0 Å². The lowest BCUT2D eigenvalue weighted by Crippen LogP contribution is -2.30. The van der Waals surface area contributed by atoms with Crippen LogP contribution >= 0.6 is 0 Å². The zero-order valence-electron chi connectivity index (χ0n) is 20.4. The van der Waals surface area contributed by atoms with E-state index >= 15 is 0 Å². The molecule has 1 aliphatic rings. The quantitative estimate of drug-likeness (QED) is 0.518. The molecule has 32 heavy (non-hydrogen) atoms. The number of rotatable bonds is 10. The molecule has 0 spiro atoms. The number of hydrogen-bond acceptors (Lipinski definition) is 4. The van der Waals surface area contributed by atoms with Gasteiger partial charge in [0.2, 0.25) is 0 Å². The van der Waals surface area contributed by atoms with Crippen LogP contribution in [0.5, 0.6) is 0 Å². The van der Waals surface area contributed by atoms with E-state index in [0.717, 1.165) is 36.6 Å². The molecule has 0 amide bonds. The van der Waals surface area contributed by atoms with Crippen LogP contribution in [0.2, 0.25) is 0 Å². The third kappa shape index (κ3) is 6.58. The number of nitrogens with one attached hydrogen (secondary N) is 1. The van der Waals surface area contributed by atoms with Crippen LogP contribution in [0.4, 0.5) is 5.69 Å². The molecule has 1 fully saturated rings. The summed E-state index contributed by atoms with van der Waals surface area (Å²) < 4.78 is 30.6. The Labute approximate surface area is 194 Å². The van der Waals surface area contributed by atoms with Crippen molar-refractivity contribution < 1.29 is 8.42 Å². The van der Waals surface area contributed by atoms with Crippen molar-refractivity contribution in [2.75, 3.05) is 24.9 Å². The number of sulfonamides is 1. The summed E-state index contributed by atoms with van der Waals surface area (Å²) in [5.41, 5.74) is 3.43. The average Bonchev–Trinajstić information content (AvgIpc) is 2.99. The highest BCUT2D eigenvalue weighted by atomic mass is 32.2. The first-order valence-corrected chi connectivity index (χ1v) is 13.5. The summed E-state index contributed by atoms with van der Waals surface area (Å²) >= 11 is 0. The van der Waals surface area contributed by atoms with E-state index in [-0.39, 0.29) is 0 Å². The summed E-state index contributed by atoms with van der Waals surface area (Å²) in [7, 11) is 0.403. The summed E-state index contributed by atoms with van der Waals surface area (Å²) in [6.07, 6.45) is 8.10. The van der Waals surface area contributed by atoms with Gasteiger partial charge in [0.1, 0.15) is 0 Å². The Morgan fingerprint density at radius 1 is 1.09 bits per heavy atom. The number of aromatic nitrogens is 2. The lowest BCUT2D eigenvalue weighted by molar-refractivity contribution is 0.210. The Morgan fingerprint density at radius 2 is 1.75 bits per heavy atom. The summed E-state index contributed by atoms with van der Waals surface area (Å²) in [5.74, 6) is 1.27. The molecule has 1 aromatic heterocycles. The first-order valence-electron chi connectivity index (χ1n) is 12.0. The number of piperidine rings is 1. The molecule has 0 atom stereocenters. The third-order valence-corrected chi connectivity index (χ3v) is 8.01. The van der Waals surface area contributed by atoms with Gasteiger partial charge >= 0.3 is 0 Å². The molecule has 178 valence electrons. The van der Waals surface area contributed by atoms with Crippen molar-refractivity contribution >= 4 is 15.7 Å². The fraction of sp³-hybridized carbons (Fsp3) is 0.640. The summed E-state index contributed by atoms with van der Waals surface area (Å²) in [5, 5.41) is 4.51. The van der Waals surface area contributed by atoms with E-state index in [1.54, 1.807) is 16.8 Å². The van der Waals surface area contributed by atoms with Crippen LogP contribution in [-0.2, 0) is 29.9 Å². The minimum absolute atomic E-state index is 0.298. The molecule has 0 bridgehead atoms. The molecule has 7 heteroatoms. The normalized spacial score (nSPS) is 16.1. The largest absolute Gasteiger partial charge is 0.306 e. The molecular weight excluding hydrogens is 420 g/mol. The molecule has 1 aliphatic heterocycles. The fourth-order valence-corrected chi connectivity index (χ4v) is 5.63. The van der Waals surface area contributed by atoms with E-state index in [2.05, 4.69) is 35.6 Å². The van der Waals surface area contributed by atoms with Gasteiger partial charge in [0.25, 0.3) is 10.0 Å². The van der Waals surface area contributed by atoms with Gasteiger partial charge in [-0.2, -0.15) is 5.10 Å². The van der Waals surface area contributed by atoms with Gasteiger partial charge in [-0.3, -0.25) is 9.40 Å². The van der Waals surface area contributed by atoms with Crippen molar-refractivity contribution in [3.05, 3.63) is 41.2 Å². The smallest absolute Gasteiger partial charge is 0.262 e. The van der Waals surface area contributed by atoms with Gasteiger partial charge in [0, 0.05) is 7.05 Å². The van der Waals surface area contributed by atoms with E-state index < -0.39 is 10.0 Å². The molecule has 3 rings (SSSR count). The summed E-state index contributed by atoms with van der Waals surface area (Å²) in [6.45, 7) is 8.56. The number of hydrogen-bond donors (Lipinski definition) is 1. The number of unbranched alkanes of at least 4 members (excludes halogenated alkanes) is 1. The predicted molar refractivity (Wildman–Crippen MR) is 132 cm³/mol. The highest BCUT2D eigenvalue weighted by Crippen LogP contribution is 2.26. The summed E-state index contributed by atoms with van der Waals surface area (Å²) in [4.78, 5) is 2.72. The number of aryl methyl sites for hydroxylation is 2. The molecule has 1 N–H and O–H groups in total. The maximum atomic E-state index is 13.0. The van der Waals surface area contributed by atoms with Gasteiger partial charge in [0.15, 0.2) is 0 Å². The highest BCUT2D eigenvalue weighted by molar-refractivity contribution is 7.92. The first-order chi connectivity index (χ1) is 15.2. The fourth-order valence-electron chi connectivity index (χ4n) is 4.48.